The average Bonchev–Trinajstić information content (AvgIpc) is 3.18. The molecule has 18 nitrogen and oxygen atoms in total. The third kappa shape index (κ3) is 10.8. The molecule has 0 spiro atoms. The number of aliphatic hydroxyl groups excluding tert-OH is 6. The van der Waals surface area contributed by atoms with Crippen molar-refractivity contribution in [1.29, 1.82) is 0 Å². The van der Waals surface area contributed by atoms with Crippen molar-refractivity contribution >= 4 is 11.8 Å². The molecule has 2 aromatic carbocycles. The van der Waals surface area contributed by atoms with Gasteiger partial charge in [0, 0.05) is 21.0 Å². The quantitative estimate of drug-likeness (QED) is 0.0902. The highest BCUT2D eigenvalue weighted by Crippen LogP contribution is 2.34. The lowest BCUT2D eigenvalue weighted by Crippen LogP contribution is -2.68. The zero-order chi connectivity index (χ0) is 39.6. The lowest BCUT2D eigenvalue weighted by Gasteiger charge is -2.49. The smallest absolute Gasteiger partial charge is 0.217 e. The predicted octanol–water partition coefficient (Wildman–Crippen LogP) is -2.18. The first kappa shape index (κ1) is 43.0. The molecule has 0 bridgehead atoms. The SMILES string of the molecule is CO[C@H]1O[C@H](CO[C@H]2O[C@H](CO)[C@@H](O)[C@H](O)[C@@H]2NC(C)=O)[C@@H](OCc2ccccc2)[C@@H](O[C@@H]2O[C@H](CO)[C@@H](O)[C@H](O)[C@H]2NC(C)=O)[C@H]1OCc1ccccc1. The predicted molar refractivity (Wildman–Crippen MR) is 187 cm³/mol. The van der Waals surface area contributed by atoms with Crippen LogP contribution >= 0.6 is 0 Å². The Hall–Kier alpha value is -3.18. The van der Waals surface area contributed by atoms with Crippen LogP contribution in [0.3, 0.4) is 0 Å². The van der Waals surface area contributed by atoms with Crippen LogP contribution in [0, 0.1) is 0 Å². The van der Waals surface area contributed by atoms with Gasteiger partial charge in [-0.3, -0.25) is 9.59 Å². The monoisotopic (exact) mass is 780 g/mol. The minimum Gasteiger partial charge on any atom is -0.394 e. The third-order valence-electron chi connectivity index (χ3n) is 9.61. The van der Waals surface area contributed by atoms with Crippen molar-refractivity contribution in [2.24, 2.45) is 0 Å². The molecule has 0 aliphatic carbocycles. The van der Waals surface area contributed by atoms with Gasteiger partial charge in [-0.05, 0) is 11.1 Å². The number of nitrogens with one attached hydrogen (secondary N) is 2. The Morgan fingerprint density at radius 3 is 1.53 bits per heavy atom. The van der Waals surface area contributed by atoms with E-state index in [4.69, 9.17) is 37.9 Å². The molecule has 3 fully saturated rings. The highest BCUT2D eigenvalue weighted by atomic mass is 16.8. The van der Waals surface area contributed by atoms with Crippen molar-refractivity contribution in [1.82, 2.24) is 10.6 Å². The number of methoxy groups -OCH3 is 1. The van der Waals surface area contributed by atoms with E-state index in [-0.39, 0.29) is 19.8 Å². The molecule has 0 saturated carbocycles. The molecule has 8 N–H and O–H groups in total. The summed E-state index contributed by atoms with van der Waals surface area (Å²) in [5, 5.41) is 68.2. The van der Waals surface area contributed by atoms with Crippen LogP contribution in [-0.2, 0) is 60.7 Å². The summed E-state index contributed by atoms with van der Waals surface area (Å²) in [5.74, 6) is -1.11. The Balaban J connectivity index is 1.52. The summed E-state index contributed by atoms with van der Waals surface area (Å²) in [5.41, 5.74) is 1.56. The topological polar surface area (TPSA) is 253 Å². The number of amides is 2. The number of aliphatic hydroxyl groups is 6. The standard InChI is InChI=1S/C37H52N2O16/c1-19(42)38-26-30(46)28(44)23(14-40)52-35(26)51-18-25-32(49-16-21-10-6-4-7-11-21)33(34(37(48-3)54-25)50-17-22-12-8-5-9-13-22)55-36-27(39-20(2)43)31(47)29(45)24(15-41)53-36/h4-13,23-37,40-41,44-47H,14-18H2,1-3H3,(H,38,42)(H,39,43)/t23-,24-,25-,26+,27-,28-,29-,30-,31-,32-,33-,34-,35+,36+,37+/m1/s1. The first-order chi connectivity index (χ1) is 26.4. The van der Waals surface area contributed by atoms with E-state index in [1.54, 1.807) is 0 Å². The number of hydrogen-bond acceptors (Lipinski definition) is 16. The maximum absolute atomic E-state index is 12.3. The summed E-state index contributed by atoms with van der Waals surface area (Å²) in [6.45, 7) is 0.777. The molecule has 5 rings (SSSR count). The molecule has 306 valence electrons. The first-order valence-electron chi connectivity index (χ1n) is 18.0. The van der Waals surface area contributed by atoms with Crippen LogP contribution in [0.4, 0.5) is 0 Å². The molecule has 0 radical (unpaired) electrons. The van der Waals surface area contributed by atoms with Gasteiger partial charge in [0.25, 0.3) is 0 Å². The Bertz CT molecular complexity index is 1480. The minimum absolute atomic E-state index is 0.0153. The van der Waals surface area contributed by atoms with E-state index >= 15 is 0 Å². The van der Waals surface area contributed by atoms with Crippen molar-refractivity contribution in [3.8, 4) is 0 Å². The molecule has 3 saturated heterocycles. The third-order valence-corrected chi connectivity index (χ3v) is 9.61. The van der Waals surface area contributed by atoms with Crippen LogP contribution in [0.2, 0.25) is 0 Å². The fourth-order valence-electron chi connectivity index (χ4n) is 6.81. The molecule has 3 heterocycles. The molecular weight excluding hydrogens is 728 g/mol. The molecular formula is C37H52N2O16. The van der Waals surface area contributed by atoms with Crippen molar-refractivity contribution in [3.63, 3.8) is 0 Å². The van der Waals surface area contributed by atoms with Gasteiger partial charge in [0.05, 0.1) is 33.0 Å². The van der Waals surface area contributed by atoms with Gasteiger partial charge in [-0.25, -0.2) is 0 Å². The maximum Gasteiger partial charge on any atom is 0.217 e. The fourth-order valence-corrected chi connectivity index (χ4v) is 6.81. The van der Waals surface area contributed by atoms with Gasteiger partial charge in [0.1, 0.15) is 73.1 Å². The summed E-state index contributed by atoms with van der Waals surface area (Å²) in [6.07, 6.45) is -17.5. The zero-order valence-electron chi connectivity index (χ0n) is 30.7. The molecule has 3 aliphatic heterocycles. The summed E-state index contributed by atoms with van der Waals surface area (Å²) < 4.78 is 49.6. The second-order valence-corrected chi connectivity index (χ2v) is 13.6. The van der Waals surface area contributed by atoms with E-state index in [2.05, 4.69) is 10.6 Å². The van der Waals surface area contributed by atoms with Gasteiger partial charge in [0.2, 0.25) is 11.8 Å². The summed E-state index contributed by atoms with van der Waals surface area (Å²) in [4.78, 5) is 24.4. The number of ether oxygens (including phenoxy) is 8. The lowest BCUT2D eigenvalue weighted by atomic mass is 9.95. The van der Waals surface area contributed by atoms with Gasteiger partial charge in [-0.1, -0.05) is 60.7 Å². The Labute approximate surface area is 318 Å². The molecule has 0 unspecified atom stereocenters. The van der Waals surface area contributed by atoms with Crippen LogP contribution in [0.25, 0.3) is 0 Å². The highest BCUT2D eigenvalue weighted by Gasteiger charge is 2.54. The molecule has 55 heavy (non-hydrogen) atoms. The van der Waals surface area contributed by atoms with Crippen LogP contribution in [0.15, 0.2) is 60.7 Å². The zero-order valence-corrected chi connectivity index (χ0v) is 30.7. The number of hydrogen-bond donors (Lipinski definition) is 8. The Morgan fingerprint density at radius 2 is 1.05 bits per heavy atom. The van der Waals surface area contributed by atoms with Gasteiger partial charge in [-0.15, -0.1) is 0 Å². The minimum atomic E-state index is -1.63. The molecule has 3 aliphatic rings. The number of rotatable bonds is 16. The summed E-state index contributed by atoms with van der Waals surface area (Å²) >= 11 is 0. The largest absolute Gasteiger partial charge is 0.394 e. The second kappa shape index (κ2) is 20.3. The molecule has 15 atom stereocenters. The van der Waals surface area contributed by atoms with Gasteiger partial charge < -0.3 is 79.2 Å². The average molecular weight is 781 g/mol. The number of carbonyl (C=O) groups is 2. The lowest BCUT2D eigenvalue weighted by molar-refractivity contribution is -0.362. The number of carbonyl (C=O) groups excluding carboxylic acids is 2. The molecule has 0 aromatic heterocycles. The Morgan fingerprint density at radius 1 is 0.600 bits per heavy atom. The van der Waals surface area contributed by atoms with Crippen molar-refractivity contribution in [3.05, 3.63) is 71.8 Å². The van der Waals surface area contributed by atoms with Crippen LogP contribution in [-0.4, -0.2) is 161 Å². The van der Waals surface area contributed by atoms with Crippen LogP contribution in [0.5, 0.6) is 0 Å². The fraction of sp³-hybridized carbons (Fsp3) is 0.622. The maximum atomic E-state index is 12.3. The van der Waals surface area contributed by atoms with Crippen LogP contribution in [0.1, 0.15) is 25.0 Å². The van der Waals surface area contributed by atoms with Crippen molar-refractivity contribution in [2.45, 2.75) is 119 Å². The van der Waals surface area contributed by atoms with Gasteiger partial charge in [0.15, 0.2) is 18.9 Å². The van der Waals surface area contributed by atoms with Gasteiger partial charge >= 0.3 is 0 Å². The van der Waals surface area contributed by atoms with E-state index in [9.17, 15) is 40.2 Å². The normalized spacial score (nSPS) is 36.6. The van der Waals surface area contributed by atoms with E-state index in [0.717, 1.165) is 11.1 Å². The van der Waals surface area contributed by atoms with Crippen LogP contribution < -0.4 is 10.6 Å². The Kier molecular flexibility index (Phi) is 15.9. The van der Waals surface area contributed by atoms with Crippen molar-refractivity contribution < 1.29 is 78.1 Å². The van der Waals surface area contributed by atoms with E-state index in [1.165, 1.54) is 21.0 Å². The first-order valence-corrected chi connectivity index (χ1v) is 18.0. The van der Waals surface area contributed by atoms with Crippen molar-refractivity contribution in [2.75, 3.05) is 26.9 Å². The molecule has 18 heteroatoms. The molecule has 2 amide bonds. The summed E-state index contributed by atoms with van der Waals surface area (Å²) in [6, 6.07) is 15.8. The number of benzene rings is 2. The second-order valence-electron chi connectivity index (χ2n) is 13.6. The highest BCUT2D eigenvalue weighted by molar-refractivity contribution is 5.73. The van der Waals surface area contributed by atoms with E-state index in [1.807, 2.05) is 60.7 Å². The summed E-state index contributed by atoms with van der Waals surface area (Å²) in [7, 11) is 1.38. The van der Waals surface area contributed by atoms with E-state index in [0.29, 0.717) is 0 Å². The molecule has 2 aromatic rings. The van der Waals surface area contributed by atoms with E-state index < -0.39 is 117 Å². The van der Waals surface area contributed by atoms with Gasteiger partial charge in [-0.2, -0.15) is 0 Å².